The molecule has 208 valence electrons. The molecule has 1 aromatic heterocycles. The van der Waals surface area contributed by atoms with Gasteiger partial charge in [0.1, 0.15) is 12.4 Å². The van der Waals surface area contributed by atoms with Crippen LogP contribution in [0.5, 0.6) is 0 Å². The standard InChI is InChI=1S/C27H24FN3O7S2/c1-3-37-24(32)16-31-22-14-7-18(26(34)38-4-2)15-23(22)39-27(31)29-25(33)17-5-10-20(11-6-17)30-40(35,36)21-12-8-19(28)9-13-21/h5-15,30H,3-4,16H2,1-2H3. The van der Waals surface area contributed by atoms with Crippen LogP contribution in [-0.4, -0.2) is 44.0 Å². The molecule has 0 saturated heterocycles. The van der Waals surface area contributed by atoms with Crippen LogP contribution in [-0.2, 0) is 30.8 Å². The molecule has 0 atom stereocenters. The van der Waals surface area contributed by atoms with Crippen LogP contribution in [0.25, 0.3) is 10.2 Å². The van der Waals surface area contributed by atoms with E-state index in [0.29, 0.717) is 15.8 Å². The van der Waals surface area contributed by atoms with Gasteiger partial charge in [0.2, 0.25) is 0 Å². The number of amides is 1. The molecule has 4 aromatic rings. The molecule has 10 nitrogen and oxygen atoms in total. The minimum Gasteiger partial charge on any atom is -0.465 e. The Hall–Kier alpha value is -4.36. The van der Waals surface area contributed by atoms with Crippen LogP contribution in [0.4, 0.5) is 10.1 Å². The second kappa shape index (κ2) is 12.2. The summed E-state index contributed by atoms with van der Waals surface area (Å²) in [5.74, 6) is -2.22. The Morgan fingerprint density at radius 2 is 1.57 bits per heavy atom. The summed E-state index contributed by atoms with van der Waals surface area (Å²) < 4.78 is 52.8. The van der Waals surface area contributed by atoms with Gasteiger partial charge in [-0.3, -0.25) is 14.3 Å². The van der Waals surface area contributed by atoms with Crippen molar-refractivity contribution in [2.75, 3.05) is 17.9 Å². The lowest BCUT2D eigenvalue weighted by Gasteiger charge is -2.08. The van der Waals surface area contributed by atoms with Gasteiger partial charge >= 0.3 is 11.9 Å². The Morgan fingerprint density at radius 3 is 2.23 bits per heavy atom. The number of carbonyl (C=O) groups excluding carboxylic acids is 3. The maximum atomic E-state index is 13.1. The Bertz CT molecular complexity index is 1740. The fourth-order valence-electron chi connectivity index (χ4n) is 3.65. The van der Waals surface area contributed by atoms with Gasteiger partial charge in [-0.15, -0.1) is 0 Å². The smallest absolute Gasteiger partial charge is 0.338 e. The zero-order valence-electron chi connectivity index (χ0n) is 21.4. The molecule has 3 aromatic carbocycles. The van der Waals surface area contributed by atoms with E-state index in [1.807, 2.05) is 0 Å². The number of benzene rings is 3. The molecule has 0 aliphatic carbocycles. The highest BCUT2D eigenvalue weighted by molar-refractivity contribution is 7.92. The van der Waals surface area contributed by atoms with E-state index >= 15 is 0 Å². The number of hydrogen-bond donors (Lipinski definition) is 1. The topological polar surface area (TPSA) is 133 Å². The molecule has 0 spiro atoms. The molecule has 0 saturated carbocycles. The van der Waals surface area contributed by atoms with E-state index in [9.17, 15) is 27.2 Å². The van der Waals surface area contributed by atoms with Gasteiger partial charge in [-0.2, -0.15) is 4.99 Å². The van der Waals surface area contributed by atoms with Gasteiger partial charge in [0.05, 0.1) is 33.9 Å². The van der Waals surface area contributed by atoms with Crippen molar-refractivity contribution < 1.29 is 36.7 Å². The first-order chi connectivity index (χ1) is 19.1. The molecule has 0 radical (unpaired) electrons. The van der Waals surface area contributed by atoms with Crippen molar-refractivity contribution in [3.05, 3.63) is 88.5 Å². The van der Waals surface area contributed by atoms with Crippen molar-refractivity contribution in [3.8, 4) is 0 Å². The first-order valence-electron chi connectivity index (χ1n) is 12.0. The Morgan fingerprint density at radius 1 is 0.925 bits per heavy atom. The second-order valence-electron chi connectivity index (χ2n) is 8.23. The van der Waals surface area contributed by atoms with Gasteiger partial charge in [-0.25, -0.2) is 17.6 Å². The van der Waals surface area contributed by atoms with Crippen molar-refractivity contribution >= 4 is 55.1 Å². The number of hydrogen-bond acceptors (Lipinski definition) is 8. The van der Waals surface area contributed by atoms with Crippen LogP contribution in [0.1, 0.15) is 34.6 Å². The summed E-state index contributed by atoms with van der Waals surface area (Å²) in [5.41, 5.74) is 1.24. The van der Waals surface area contributed by atoms with Crippen molar-refractivity contribution in [1.29, 1.82) is 0 Å². The number of thiazole rings is 1. The second-order valence-corrected chi connectivity index (χ2v) is 10.9. The van der Waals surface area contributed by atoms with Crippen LogP contribution < -0.4 is 9.52 Å². The van der Waals surface area contributed by atoms with Gasteiger partial charge in [0.25, 0.3) is 15.9 Å². The van der Waals surface area contributed by atoms with Crippen LogP contribution in [0.15, 0.2) is 76.6 Å². The largest absolute Gasteiger partial charge is 0.465 e. The number of rotatable bonds is 9. The predicted octanol–water partition coefficient (Wildman–Crippen LogP) is 4.12. The molecule has 1 N–H and O–H groups in total. The molecule has 1 heterocycles. The van der Waals surface area contributed by atoms with Gasteiger partial charge < -0.3 is 14.0 Å². The lowest BCUT2D eigenvalue weighted by Crippen LogP contribution is -2.23. The highest BCUT2D eigenvalue weighted by Gasteiger charge is 2.17. The molecule has 0 bridgehead atoms. The molecule has 0 fully saturated rings. The van der Waals surface area contributed by atoms with E-state index < -0.39 is 33.7 Å². The van der Waals surface area contributed by atoms with Gasteiger partial charge in [-0.05, 0) is 80.6 Å². The average Bonchev–Trinajstić information content (AvgIpc) is 3.25. The molecular weight excluding hydrogens is 561 g/mol. The number of ether oxygens (including phenoxy) is 2. The van der Waals surface area contributed by atoms with Crippen molar-refractivity contribution in [2.45, 2.75) is 25.3 Å². The third kappa shape index (κ3) is 6.61. The number of nitrogens with one attached hydrogen (secondary N) is 1. The molecule has 0 aliphatic heterocycles. The Balaban J connectivity index is 1.64. The SMILES string of the molecule is CCOC(=O)Cn1c(=NC(=O)c2ccc(NS(=O)(=O)c3ccc(F)cc3)cc2)sc2cc(C(=O)OCC)ccc21. The molecule has 1 amide bonds. The van der Waals surface area contributed by atoms with E-state index in [4.69, 9.17) is 9.47 Å². The van der Waals surface area contributed by atoms with Crippen LogP contribution in [0.2, 0.25) is 0 Å². The maximum Gasteiger partial charge on any atom is 0.338 e. The molecule has 13 heteroatoms. The number of fused-ring (bicyclic) bond motifs is 1. The van der Waals surface area contributed by atoms with Crippen LogP contribution >= 0.6 is 11.3 Å². The summed E-state index contributed by atoms with van der Waals surface area (Å²) in [4.78, 5) is 41.8. The quantitative estimate of drug-likeness (QED) is 0.292. The summed E-state index contributed by atoms with van der Waals surface area (Å²) >= 11 is 1.11. The lowest BCUT2D eigenvalue weighted by molar-refractivity contribution is -0.143. The molecule has 4 rings (SSSR count). The van der Waals surface area contributed by atoms with E-state index in [-0.39, 0.29) is 40.7 Å². The van der Waals surface area contributed by atoms with Crippen molar-refractivity contribution in [1.82, 2.24) is 4.57 Å². The zero-order chi connectivity index (χ0) is 28.9. The number of esters is 2. The third-order valence-corrected chi connectivity index (χ3v) is 7.93. The molecular formula is C27H24FN3O7S2. The Kier molecular flexibility index (Phi) is 8.75. The summed E-state index contributed by atoms with van der Waals surface area (Å²) in [6.45, 7) is 3.56. The van der Waals surface area contributed by atoms with Gasteiger partial charge in [0.15, 0.2) is 4.80 Å². The third-order valence-electron chi connectivity index (χ3n) is 5.49. The number of halogens is 1. The monoisotopic (exact) mass is 585 g/mol. The number of sulfonamides is 1. The van der Waals surface area contributed by atoms with Crippen LogP contribution in [0.3, 0.4) is 0 Å². The van der Waals surface area contributed by atoms with Crippen molar-refractivity contribution in [2.24, 2.45) is 4.99 Å². The Labute approximate surface area is 232 Å². The summed E-state index contributed by atoms with van der Waals surface area (Å²) in [6, 6.07) is 14.8. The minimum atomic E-state index is -3.97. The number of aromatic nitrogens is 1. The maximum absolute atomic E-state index is 13.1. The number of carbonyl (C=O) groups is 3. The fourth-order valence-corrected chi connectivity index (χ4v) is 5.77. The molecule has 0 unspecified atom stereocenters. The molecule has 0 aliphatic rings. The van der Waals surface area contributed by atoms with Gasteiger partial charge in [-0.1, -0.05) is 11.3 Å². The van der Waals surface area contributed by atoms with Crippen molar-refractivity contribution in [3.63, 3.8) is 0 Å². The first kappa shape index (κ1) is 28.6. The summed E-state index contributed by atoms with van der Waals surface area (Å²) in [5, 5.41) is 0. The summed E-state index contributed by atoms with van der Waals surface area (Å²) in [6.07, 6.45) is 0. The number of nitrogens with zero attached hydrogens (tertiary/aromatic N) is 2. The van der Waals surface area contributed by atoms with Crippen LogP contribution in [0, 0.1) is 5.82 Å². The van der Waals surface area contributed by atoms with E-state index in [0.717, 1.165) is 35.6 Å². The average molecular weight is 586 g/mol. The van der Waals surface area contributed by atoms with E-state index in [1.54, 1.807) is 32.0 Å². The molecule has 40 heavy (non-hydrogen) atoms. The highest BCUT2D eigenvalue weighted by Crippen LogP contribution is 2.21. The highest BCUT2D eigenvalue weighted by atomic mass is 32.2. The number of anilines is 1. The van der Waals surface area contributed by atoms with E-state index in [2.05, 4.69) is 9.71 Å². The predicted molar refractivity (Wildman–Crippen MR) is 146 cm³/mol. The van der Waals surface area contributed by atoms with E-state index in [1.165, 1.54) is 28.8 Å². The lowest BCUT2D eigenvalue weighted by atomic mass is 10.2. The summed E-state index contributed by atoms with van der Waals surface area (Å²) in [7, 11) is -3.97. The van der Waals surface area contributed by atoms with Gasteiger partial charge in [0, 0.05) is 11.3 Å². The minimum absolute atomic E-state index is 0.119. The zero-order valence-corrected chi connectivity index (χ0v) is 23.1. The first-order valence-corrected chi connectivity index (χ1v) is 14.3. The normalized spacial score (nSPS) is 11.8. The fraction of sp³-hybridized carbons (Fsp3) is 0.185.